The highest BCUT2D eigenvalue weighted by Crippen LogP contribution is 2.30. The van der Waals surface area contributed by atoms with Crippen LogP contribution in [0.15, 0.2) is 24.3 Å². The first kappa shape index (κ1) is 10.6. The number of amidine groups is 1. The first-order valence-corrected chi connectivity index (χ1v) is 4.89. The van der Waals surface area contributed by atoms with Crippen molar-refractivity contribution >= 4 is 17.6 Å². The Bertz CT molecular complexity index is 470. The topological polar surface area (TPSA) is 56.2 Å². The zero-order valence-corrected chi connectivity index (χ0v) is 9.04. The number of carbonyl (C=O) groups is 1. The number of para-hydroxylation sites is 1. The highest BCUT2D eigenvalue weighted by molar-refractivity contribution is 6.17. The quantitative estimate of drug-likeness (QED) is 0.749. The van der Waals surface area contributed by atoms with E-state index >= 15 is 0 Å². The molecule has 1 aliphatic heterocycles. The molecule has 0 unspecified atom stereocenters. The maximum atomic E-state index is 13.6. The third-order valence-corrected chi connectivity index (χ3v) is 2.70. The predicted octanol–water partition coefficient (Wildman–Crippen LogP) is 2.11. The zero-order chi connectivity index (χ0) is 11.9. The molecule has 0 spiro atoms. The zero-order valence-electron chi connectivity index (χ0n) is 9.04. The number of benzene rings is 1. The van der Waals surface area contributed by atoms with Gasteiger partial charge in [0.25, 0.3) is 0 Å². The van der Waals surface area contributed by atoms with E-state index in [1.807, 2.05) is 0 Å². The summed E-state index contributed by atoms with van der Waals surface area (Å²) < 4.78 is 13.6. The van der Waals surface area contributed by atoms with Gasteiger partial charge in [-0.3, -0.25) is 15.6 Å². The fourth-order valence-electron chi connectivity index (χ4n) is 1.73. The van der Waals surface area contributed by atoms with Crippen LogP contribution in [-0.2, 0) is 0 Å². The van der Waals surface area contributed by atoms with Gasteiger partial charge < -0.3 is 0 Å². The highest BCUT2D eigenvalue weighted by atomic mass is 19.1. The maximum absolute atomic E-state index is 13.6. The van der Waals surface area contributed by atoms with E-state index in [4.69, 9.17) is 5.41 Å². The minimum absolute atomic E-state index is 0.0701. The smallest absolute Gasteiger partial charge is 0.294 e. The van der Waals surface area contributed by atoms with Crippen LogP contribution in [0.4, 0.5) is 14.9 Å². The summed E-state index contributed by atoms with van der Waals surface area (Å²) in [6.07, 6.45) is 0. The predicted molar refractivity (Wildman–Crippen MR) is 59.2 cm³/mol. The maximum Gasteiger partial charge on any atom is 0.328 e. The molecule has 0 aromatic heterocycles. The van der Waals surface area contributed by atoms with Crippen LogP contribution in [0.1, 0.15) is 13.8 Å². The van der Waals surface area contributed by atoms with Crippen LogP contribution >= 0.6 is 0 Å². The van der Waals surface area contributed by atoms with Gasteiger partial charge in [0, 0.05) is 0 Å². The van der Waals surface area contributed by atoms with Crippen molar-refractivity contribution in [2.45, 2.75) is 19.4 Å². The lowest BCUT2D eigenvalue weighted by atomic mass is 10.0. The van der Waals surface area contributed by atoms with Crippen LogP contribution in [0.2, 0.25) is 0 Å². The van der Waals surface area contributed by atoms with Gasteiger partial charge in [0.15, 0.2) is 0 Å². The third-order valence-electron chi connectivity index (χ3n) is 2.70. The van der Waals surface area contributed by atoms with Crippen molar-refractivity contribution < 1.29 is 9.18 Å². The molecule has 1 saturated heterocycles. The Balaban J connectivity index is 2.53. The molecule has 5 heteroatoms. The summed E-state index contributed by atoms with van der Waals surface area (Å²) in [4.78, 5) is 12.9. The molecule has 84 valence electrons. The molecular weight excluding hydrogens is 209 g/mol. The molecule has 2 N–H and O–H groups in total. The molecule has 0 saturated carbocycles. The first-order valence-electron chi connectivity index (χ1n) is 4.89. The lowest BCUT2D eigenvalue weighted by molar-refractivity contribution is 0.251. The van der Waals surface area contributed by atoms with Gasteiger partial charge in [0.05, 0.1) is 5.69 Å². The van der Waals surface area contributed by atoms with E-state index in [1.165, 1.54) is 17.0 Å². The normalized spacial score (nSPS) is 18.8. The second-order valence-electron chi connectivity index (χ2n) is 4.15. The number of hydrogen-bond acceptors (Lipinski definition) is 2. The molecule has 1 fully saturated rings. The van der Waals surface area contributed by atoms with Crippen molar-refractivity contribution in [3.8, 4) is 0 Å². The fourth-order valence-corrected chi connectivity index (χ4v) is 1.73. The minimum atomic E-state index is -0.848. The van der Waals surface area contributed by atoms with Crippen LogP contribution in [0.3, 0.4) is 0 Å². The van der Waals surface area contributed by atoms with Crippen LogP contribution in [0, 0.1) is 11.2 Å². The van der Waals surface area contributed by atoms with Crippen LogP contribution in [0.5, 0.6) is 0 Å². The summed E-state index contributed by atoms with van der Waals surface area (Å²) >= 11 is 0. The Morgan fingerprint density at radius 2 is 2.00 bits per heavy atom. The number of halogens is 1. The molecule has 16 heavy (non-hydrogen) atoms. The molecule has 2 rings (SSSR count). The second kappa shape index (κ2) is 3.30. The highest BCUT2D eigenvalue weighted by Gasteiger charge is 2.44. The van der Waals surface area contributed by atoms with Gasteiger partial charge in [-0.05, 0) is 26.0 Å². The van der Waals surface area contributed by atoms with Crippen molar-refractivity contribution in [3.63, 3.8) is 0 Å². The van der Waals surface area contributed by atoms with Gasteiger partial charge in [0.2, 0.25) is 0 Å². The van der Waals surface area contributed by atoms with Gasteiger partial charge in [-0.1, -0.05) is 12.1 Å². The van der Waals surface area contributed by atoms with Crippen molar-refractivity contribution in [1.82, 2.24) is 5.32 Å². The molecule has 2 amide bonds. The van der Waals surface area contributed by atoms with Crippen LogP contribution in [-0.4, -0.2) is 17.4 Å². The largest absolute Gasteiger partial charge is 0.328 e. The van der Waals surface area contributed by atoms with Crippen molar-refractivity contribution in [2.24, 2.45) is 0 Å². The average molecular weight is 221 g/mol. The van der Waals surface area contributed by atoms with E-state index in [9.17, 15) is 9.18 Å². The number of carbonyl (C=O) groups excluding carboxylic acids is 1. The van der Waals surface area contributed by atoms with E-state index in [0.717, 1.165) is 0 Å². The Labute approximate surface area is 92.6 Å². The summed E-state index contributed by atoms with van der Waals surface area (Å²) in [6, 6.07) is 5.56. The number of nitrogens with zero attached hydrogens (tertiary/aromatic N) is 1. The fraction of sp³-hybridized carbons (Fsp3) is 0.273. The lowest BCUT2D eigenvalue weighted by Crippen LogP contribution is -2.44. The van der Waals surface area contributed by atoms with Crippen LogP contribution in [0.25, 0.3) is 0 Å². The lowest BCUT2D eigenvalue weighted by Gasteiger charge is -2.29. The minimum Gasteiger partial charge on any atom is -0.294 e. The van der Waals surface area contributed by atoms with Gasteiger partial charge in [0.1, 0.15) is 17.2 Å². The summed E-state index contributed by atoms with van der Waals surface area (Å²) in [6.45, 7) is 3.39. The Hall–Kier alpha value is -1.91. The first-order chi connectivity index (χ1) is 7.44. The molecule has 4 nitrogen and oxygen atoms in total. The van der Waals surface area contributed by atoms with Gasteiger partial charge in [-0.15, -0.1) is 0 Å². The summed E-state index contributed by atoms with van der Waals surface area (Å²) in [5, 5.41) is 10.0. The number of urea groups is 1. The number of amides is 2. The number of nitrogens with one attached hydrogen (secondary N) is 2. The Morgan fingerprint density at radius 3 is 2.50 bits per heavy atom. The van der Waals surface area contributed by atoms with Gasteiger partial charge >= 0.3 is 6.03 Å². The number of hydrogen-bond donors (Lipinski definition) is 2. The second-order valence-corrected chi connectivity index (χ2v) is 4.15. The van der Waals surface area contributed by atoms with E-state index in [2.05, 4.69) is 5.32 Å². The van der Waals surface area contributed by atoms with Crippen LogP contribution < -0.4 is 10.2 Å². The molecule has 0 radical (unpaired) electrons. The van der Waals surface area contributed by atoms with Crippen molar-refractivity contribution in [3.05, 3.63) is 30.1 Å². The van der Waals surface area contributed by atoms with Gasteiger partial charge in [-0.2, -0.15) is 0 Å². The number of rotatable bonds is 1. The molecular formula is C11H12FN3O. The van der Waals surface area contributed by atoms with E-state index in [-0.39, 0.29) is 11.5 Å². The standard InChI is InChI=1S/C11H12FN3O/c1-11(2)9(13)14-10(16)15(11)8-6-4-3-5-7(8)12/h3-6H,1-2H3,(H2,13,14,16). The SMILES string of the molecule is CC1(C)C(=N)NC(=O)N1c1ccccc1F. The summed E-state index contributed by atoms with van der Waals surface area (Å²) in [7, 11) is 0. The number of anilines is 1. The molecule has 0 bridgehead atoms. The summed E-state index contributed by atoms with van der Waals surface area (Å²) in [5.41, 5.74) is -0.661. The molecule has 1 aromatic carbocycles. The molecule has 1 heterocycles. The molecule has 1 aliphatic rings. The average Bonchev–Trinajstić information content (AvgIpc) is 2.39. The molecule has 0 atom stereocenters. The van der Waals surface area contributed by atoms with E-state index in [0.29, 0.717) is 0 Å². The monoisotopic (exact) mass is 221 g/mol. The third kappa shape index (κ3) is 1.36. The van der Waals surface area contributed by atoms with Crippen molar-refractivity contribution in [1.29, 1.82) is 5.41 Å². The van der Waals surface area contributed by atoms with E-state index in [1.54, 1.807) is 26.0 Å². The summed E-state index contributed by atoms with van der Waals surface area (Å²) in [5.74, 6) is -0.402. The molecule has 0 aliphatic carbocycles. The van der Waals surface area contributed by atoms with Gasteiger partial charge in [-0.25, -0.2) is 9.18 Å². The Morgan fingerprint density at radius 1 is 1.38 bits per heavy atom. The Kier molecular flexibility index (Phi) is 2.18. The van der Waals surface area contributed by atoms with E-state index < -0.39 is 17.4 Å². The van der Waals surface area contributed by atoms with Crippen molar-refractivity contribution in [2.75, 3.05) is 4.90 Å². The molecule has 1 aromatic rings.